The van der Waals surface area contributed by atoms with Gasteiger partial charge in [0.05, 0.1) is 12.8 Å². The van der Waals surface area contributed by atoms with Crippen LogP contribution in [0.15, 0.2) is 0 Å². The molecule has 2 rings (SSSR count). The lowest BCUT2D eigenvalue weighted by Crippen LogP contribution is -2.31. The van der Waals surface area contributed by atoms with Crippen LogP contribution in [0.25, 0.3) is 0 Å². The van der Waals surface area contributed by atoms with E-state index in [9.17, 15) is 4.79 Å². The molecule has 1 aliphatic heterocycles. The Morgan fingerprint density at radius 1 is 1.29 bits per heavy atom. The SMILES string of the molecule is COC(=O)c1nc(C(OC)C(C)(C)C)nc2c1CCNC2. The maximum atomic E-state index is 12.0. The smallest absolute Gasteiger partial charge is 0.357 e. The van der Waals surface area contributed by atoms with Crippen molar-refractivity contribution in [3.63, 3.8) is 0 Å². The molecule has 0 spiro atoms. The normalized spacial score (nSPS) is 16.2. The molecule has 1 atom stereocenters. The van der Waals surface area contributed by atoms with Crippen LogP contribution in [0.5, 0.6) is 0 Å². The van der Waals surface area contributed by atoms with Crippen LogP contribution < -0.4 is 5.32 Å². The molecule has 2 heterocycles. The first kappa shape index (κ1) is 15.9. The van der Waals surface area contributed by atoms with Crippen molar-refractivity contribution in [3.05, 3.63) is 22.8 Å². The molecule has 21 heavy (non-hydrogen) atoms. The quantitative estimate of drug-likeness (QED) is 0.854. The van der Waals surface area contributed by atoms with Gasteiger partial charge < -0.3 is 14.8 Å². The van der Waals surface area contributed by atoms with Crippen LogP contribution in [0.1, 0.15) is 54.4 Å². The van der Waals surface area contributed by atoms with Gasteiger partial charge in [0.1, 0.15) is 6.10 Å². The van der Waals surface area contributed by atoms with Crippen LogP contribution in [0.4, 0.5) is 0 Å². The first-order chi connectivity index (χ1) is 9.88. The fraction of sp³-hybridized carbons (Fsp3) is 0.667. The monoisotopic (exact) mass is 293 g/mol. The Morgan fingerprint density at radius 3 is 2.57 bits per heavy atom. The van der Waals surface area contributed by atoms with Gasteiger partial charge in [-0.3, -0.25) is 0 Å². The second kappa shape index (κ2) is 6.07. The molecule has 0 saturated carbocycles. The molecule has 1 N–H and O–H groups in total. The van der Waals surface area contributed by atoms with E-state index in [0.717, 1.165) is 24.2 Å². The van der Waals surface area contributed by atoms with Crippen LogP contribution in [0.2, 0.25) is 0 Å². The topological polar surface area (TPSA) is 73.3 Å². The van der Waals surface area contributed by atoms with Gasteiger partial charge in [0, 0.05) is 19.2 Å². The summed E-state index contributed by atoms with van der Waals surface area (Å²) in [7, 11) is 3.00. The zero-order valence-electron chi connectivity index (χ0n) is 13.3. The summed E-state index contributed by atoms with van der Waals surface area (Å²) in [6.07, 6.45) is 0.445. The molecule has 1 aromatic rings. The molecule has 0 fully saturated rings. The number of nitrogens with zero attached hydrogens (tertiary/aromatic N) is 2. The van der Waals surface area contributed by atoms with Crippen molar-refractivity contribution in [3.8, 4) is 0 Å². The second-order valence-corrected chi connectivity index (χ2v) is 6.26. The average molecular weight is 293 g/mol. The summed E-state index contributed by atoms with van der Waals surface area (Å²) < 4.78 is 10.4. The highest BCUT2D eigenvalue weighted by Crippen LogP contribution is 2.34. The predicted molar refractivity (Wildman–Crippen MR) is 78.0 cm³/mol. The van der Waals surface area contributed by atoms with Crippen molar-refractivity contribution in [2.75, 3.05) is 20.8 Å². The van der Waals surface area contributed by atoms with Crippen LogP contribution in [-0.2, 0) is 22.4 Å². The number of hydrogen-bond acceptors (Lipinski definition) is 6. The highest BCUT2D eigenvalue weighted by Gasteiger charge is 2.32. The van der Waals surface area contributed by atoms with Gasteiger partial charge in [-0.05, 0) is 18.4 Å². The first-order valence-corrected chi connectivity index (χ1v) is 7.10. The minimum absolute atomic E-state index is 0.168. The molecule has 0 aromatic carbocycles. The zero-order chi connectivity index (χ0) is 15.6. The summed E-state index contributed by atoms with van der Waals surface area (Å²) in [5.41, 5.74) is 1.94. The van der Waals surface area contributed by atoms with Crippen molar-refractivity contribution in [2.45, 2.75) is 39.8 Å². The minimum Gasteiger partial charge on any atom is -0.464 e. The molecule has 0 aliphatic carbocycles. The summed E-state index contributed by atoms with van der Waals surface area (Å²) >= 11 is 0. The van der Waals surface area contributed by atoms with Gasteiger partial charge >= 0.3 is 5.97 Å². The molecule has 1 aliphatic rings. The Morgan fingerprint density at radius 2 is 2.00 bits per heavy atom. The van der Waals surface area contributed by atoms with Crippen LogP contribution >= 0.6 is 0 Å². The van der Waals surface area contributed by atoms with Crippen molar-refractivity contribution in [1.82, 2.24) is 15.3 Å². The third-order valence-corrected chi connectivity index (χ3v) is 3.59. The summed E-state index contributed by atoms with van der Waals surface area (Å²) in [6, 6.07) is 0. The summed E-state index contributed by atoms with van der Waals surface area (Å²) in [5, 5.41) is 3.26. The van der Waals surface area contributed by atoms with E-state index in [2.05, 4.69) is 36.1 Å². The van der Waals surface area contributed by atoms with Crippen molar-refractivity contribution < 1.29 is 14.3 Å². The molecule has 1 aromatic heterocycles. The summed E-state index contributed by atoms with van der Waals surface area (Å²) in [5.74, 6) is 0.119. The van der Waals surface area contributed by atoms with Crippen LogP contribution in [-0.4, -0.2) is 36.7 Å². The standard InChI is InChI=1S/C15H23N3O3/c1-15(2,3)12(20-4)13-17-10-8-16-7-6-9(10)11(18-13)14(19)21-5/h12,16H,6-8H2,1-5H3. The van der Waals surface area contributed by atoms with Crippen molar-refractivity contribution in [1.29, 1.82) is 0 Å². The van der Waals surface area contributed by atoms with Gasteiger partial charge in [-0.2, -0.15) is 0 Å². The Labute approximate surface area is 125 Å². The molecular formula is C15H23N3O3. The maximum Gasteiger partial charge on any atom is 0.357 e. The molecule has 1 unspecified atom stereocenters. The number of methoxy groups -OCH3 is 2. The van der Waals surface area contributed by atoms with Crippen LogP contribution in [0.3, 0.4) is 0 Å². The zero-order valence-corrected chi connectivity index (χ0v) is 13.3. The Kier molecular flexibility index (Phi) is 4.58. The number of fused-ring (bicyclic) bond motifs is 1. The first-order valence-electron chi connectivity index (χ1n) is 7.10. The molecule has 116 valence electrons. The van der Waals surface area contributed by atoms with Gasteiger partial charge in [-0.15, -0.1) is 0 Å². The fourth-order valence-electron chi connectivity index (χ4n) is 2.61. The number of carbonyl (C=O) groups is 1. The third-order valence-electron chi connectivity index (χ3n) is 3.59. The number of nitrogens with one attached hydrogen (secondary N) is 1. The summed E-state index contributed by atoms with van der Waals surface area (Å²) in [4.78, 5) is 21.1. The van der Waals surface area contributed by atoms with Gasteiger partial charge in [0.25, 0.3) is 0 Å². The lowest BCUT2D eigenvalue weighted by Gasteiger charge is -2.29. The van der Waals surface area contributed by atoms with Crippen molar-refractivity contribution in [2.24, 2.45) is 5.41 Å². The number of esters is 1. The number of hydrogen-bond donors (Lipinski definition) is 1. The molecule has 6 nitrogen and oxygen atoms in total. The van der Waals surface area contributed by atoms with Gasteiger partial charge in [-0.25, -0.2) is 14.8 Å². The number of aromatic nitrogens is 2. The van der Waals surface area contributed by atoms with Gasteiger partial charge in [-0.1, -0.05) is 20.8 Å². The van der Waals surface area contributed by atoms with Crippen LogP contribution in [0, 0.1) is 5.41 Å². The Balaban J connectivity index is 2.55. The molecule has 0 saturated heterocycles. The predicted octanol–water partition coefficient (Wildman–Crippen LogP) is 1.64. The molecule has 0 radical (unpaired) electrons. The maximum absolute atomic E-state index is 12.0. The van der Waals surface area contributed by atoms with E-state index in [-0.39, 0.29) is 11.5 Å². The highest BCUT2D eigenvalue weighted by molar-refractivity contribution is 5.89. The van der Waals surface area contributed by atoms with E-state index in [1.165, 1.54) is 7.11 Å². The average Bonchev–Trinajstić information content (AvgIpc) is 2.44. The number of carbonyl (C=O) groups excluding carboxylic acids is 1. The molecular weight excluding hydrogens is 270 g/mol. The van der Waals surface area contributed by atoms with E-state index < -0.39 is 5.97 Å². The molecule has 0 bridgehead atoms. The van der Waals surface area contributed by atoms with Gasteiger partial charge in [0.15, 0.2) is 11.5 Å². The van der Waals surface area contributed by atoms with Gasteiger partial charge in [0.2, 0.25) is 0 Å². The van der Waals surface area contributed by atoms with E-state index >= 15 is 0 Å². The third kappa shape index (κ3) is 3.22. The minimum atomic E-state index is -0.416. The largest absolute Gasteiger partial charge is 0.464 e. The van der Waals surface area contributed by atoms with Crippen molar-refractivity contribution >= 4 is 5.97 Å². The lowest BCUT2D eigenvalue weighted by molar-refractivity contribution is 0.00807. The Bertz CT molecular complexity index is 538. The van der Waals surface area contributed by atoms with E-state index in [1.54, 1.807) is 7.11 Å². The molecule has 6 heteroatoms. The number of rotatable bonds is 3. The number of ether oxygens (including phenoxy) is 2. The van der Waals surface area contributed by atoms with E-state index in [1.807, 2.05) is 0 Å². The highest BCUT2D eigenvalue weighted by atomic mass is 16.5. The van der Waals surface area contributed by atoms with E-state index in [4.69, 9.17) is 9.47 Å². The second-order valence-electron chi connectivity index (χ2n) is 6.26. The Hall–Kier alpha value is -1.53. The molecule has 0 amide bonds. The van der Waals surface area contributed by atoms with E-state index in [0.29, 0.717) is 18.1 Å². The summed E-state index contributed by atoms with van der Waals surface area (Å²) in [6.45, 7) is 7.61. The lowest BCUT2D eigenvalue weighted by atomic mass is 9.88. The fourth-order valence-corrected chi connectivity index (χ4v) is 2.61.